The van der Waals surface area contributed by atoms with E-state index in [4.69, 9.17) is 0 Å². The molecule has 0 amide bonds. The van der Waals surface area contributed by atoms with Gasteiger partial charge in [-0.2, -0.15) is 0 Å². The molecular formula is C58H114CaO8S2. The topological polar surface area (TPSA) is 133 Å². The van der Waals surface area contributed by atoms with Crippen molar-refractivity contribution in [2.45, 2.75) is 323 Å². The van der Waals surface area contributed by atoms with Gasteiger partial charge in [-0.25, -0.2) is 16.8 Å². The van der Waals surface area contributed by atoms with Crippen molar-refractivity contribution in [3.63, 3.8) is 0 Å². The summed E-state index contributed by atoms with van der Waals surface area (Å²) in [5.74, 6) is 0.0389. The maximum Gasteiger partial charge on any atom is 2.00 e. The molecule has 8 nitrogen and oxygen atoms in total. The first-order valence-electron chi connectivity index (χ1n) is 29.5. The van der Waals surface area contributed by atoms with Gasteiger partial charge in [0.25, 0.3) is 0 Å². The van der Waals surface area contributed by atoms with Crippen molar-refractivity contribution in [3.05, 3.63) is 24.3 Å². The third kappa shape index (κ3) is 68.5. The van der Waals surface area contributed by atoms with Crippen molar-refractivity contribution >= 4 is 58.5 Å². The predicted molar refractivity (Wildman–Crippen MR) is 297 cm³/mol. The van der Waals surface area contributed by atoms with Crippen LogP contribution in [0.5, 0.6) is 0 Å². The van der Waals surface area contributed by atoms with E-state index in [0.717, 1.165) is 51.4 Å². The molecule has 0 N–H and O–H groups in total. The molecule has 408 valence electrons. The monoisotopic (exact) mass is 1040 g/mol. The first-order chi connectivity index (χ1) is 33.0. The third-order valence-corrected chi connectivity index (χ3v) is 14.3. The smallest absolute Gasteiger partial charge is 0.726 e. The van der Waals surface area contributed by atoms with E-state index >= 15 is 0 Å². The Morgan fingerprint density at radius 1 is 0.319 bits per heavy atom. The summed E-state index contributed by atoms with van der Waals surface area (Å²) in [4.78, 5) is 0. The summed E-state index contributed by atoms with van der Waals surface area (Å²) in [6.45, 7) is 8.96. The van der Waals surface area contributed by atoms with E-state index in [9.17, 15) is 25.9 Å². The van der Waals surface area contributed by atoms with Crippen molar-refractivity contribution in [2.24, 2.45) is 11.8 Å². The Hall–Kier alpha value is 0.480. The fourth-order valence-corrected chi connectivity index (χ4v) is 9.71. The Bertz CT molecular complexity index is 1160. The Balaban J connectivity index is -0.00000124. The fourth-order valence-electron chi connectivity index (χ4n) is 9.03. The van der Waals surface area contributed by atoms with Crippen LogP contribution in [0, 0.1) is 11.8 Å². The molecule has 0 radical (unpaired) electrons. The van der Waals surface area contributed by atoms with Crippen LogP contribution >= 0.6 is 0 Å². The minimum Gasteiger partial charge on any atom is -0.726 e. The minimum absolute atomic E-state index is 0. The van der Waals surface area contributed by atoms with E-state index in [1.165, 1.54) is 244 Å². The van der Waals surface area contributed by atoms with Crippen LogP contribution in [0.3, 0.4) is 0 Å². The summed E-state index contributed by atoms with van der Waals surface area (Å²) in [7, 11) is -9.22. The van der Waals surface area contributed by atoms with Gasteiger partial charge in [0.2, 0.25) is 20.8 Å². The van der Waals surface area contributed by atoms with E-state index in [0.29, 0.717) is 0 Å². The molecule has 11 heteroatoms. The summed E-state index contributed by atoms with van der Waals surface area (Å²) >= 11 is 0. The van der Waals surface area contributed by atoms with Gasteiger partial charge >= 0.3 is 37.7 Å². The van der Waals surface area contributed by atoms with Crippen LogP contribution in [0.25, 0.3) is 0 Å². The second-order valence-electron chi connectivity index (χ2n) is 20.4. The average Bonchev–Trinajstić information content (AvgIpc) is 3.30. The molecule has 0 aliphatic carbocycles. The molecule has 0 aromatic rings. The second-order valence-corrected chi connectivity index (χ2v) is 22.5. The minimum atomic E-state index is -4.61. The third-order valence-electron chi connectivity index (χ3n) is 13.5. The largest absolute Gasteiger partial charge is 2.00 e. The molecule has 0 fully saturated rings. The zero-order valence-corrected chi connectivity index (χ0v) is 50.0. The summed E-state index contributed by atoms with van der Waals surface area (Å²) in [6.07, 6.45) is 67.6. The van der Waals surface area contributed by atoms with E-state index in [2.05, 4.69) is 60.4 Å². The van der Waals surface area contributed by atoms with Gasteiger partial charge in [0.05, 0.1) is 13.2 Å². The Kier molecular flexibility index (Phi) is 63.4. The SMILES string of the molecule is CCCCCCCCCCCCCCCC/C=C/C(CCCCCCCCC)COS(=O)(=O)[O-].CCCCCCCCCCCCCCCC/C=C/C(CCCCCCCCC)COS(=O)(=O)[O-].[Ca+2]. The van der Waals surface area contributed by atoms with E-state index in [1.807, 2.05) is 0 Å². The first-order valence-corrected chi connectivity index (χ1v) is 32.2. The number of allylic oxidation sites excluding steroid dienone is 2. The Morgan fingerprint density at radius 3 is 0.710 bits per heavy atom. The van der Waals surface area contributed by atoms with Crippen molar-refractivity contribution < 1.29 is 34.3 Å². The summed E-state index contributed by atoms with van der Waals surface area (Å²) < 4.78 is 74.1. The summed E-state index contributed by atoms with van der Waals surface area (Å²) in [6, 6.07) is 0. The van der Waals surface area contributed by atoms with Gasteiger partial charge in [0.15, 0.2) is 0 Å². The van der Waals surface area contributed by atoms with Crippen LogP contribution < -0.4 is 0 Å². The Labute approximate surface area is 461 Å². The number of rotatable bonds is 54. The number of hydrogen-bond acceptors (Lipinski definition) is 8. The molecule has 0 aliphatic heterocycles. The van der Waals surface area contributed by atoms with Crippen LogP contribution in [0.15, 0.2) is 24.3 Å². The van der Waals surface area contributed by atoms with Gasteiger partial charge < -0.3 is 9.11 Å². The molecule has 0 heterocycles. The zero-order valence-electron chi connectivity index (χ0n) is 46.2. The van der Waals surface area contributed by atoms with Crippen LogP contribution in [-0.4, -0.2) is 76.9 Å². The van der Waals surface area contributed by atoms with Gasteiger partial charge in [-0.15, -0.1) is 0 Å². The molecular weight excluding hydrogens is 929 g/mol. The van der Waals surface area contributed by atoms with Crippen molar-refractivity contribution in [2.75, 3.05) is 13.2 Å². The molecule has 2 unspecified atom stereocenters. The zero-order chi connectivity index (χ0) is 50.3. The van der Waals surface area contributed by atoms with Gasteiger partial charge in [0.1, 0.15) is 0 Å². The van der Waals surface area contributed by atoms with Crippen molar-refractivity contribution in [1.82, 2.24) is 0 Å². The van der Waals surface area contributed by atoms with E-state index in [1.54, 1.807) is 0 Å². The molecule has 0 spiro atoms. The quantitative estimate of drug-likeness (QED) is 0.0193. The van der Waals surface area contributed by atoms with E-state index in [-0.39, 0.29) is 62.8 Å². The maximum atomic E-state index is 10.8. The molecule has 0 saturated heterocycles. The predicted octanol–water partition coefficient (Wildman–Crippen LogP) is 18.9. The molecule has 0 aromatic heterocycles. The number of hydrogen-bond donors (Lipinski definition) is 0. The molecule has 69 heavy (non-hydrogen) atoms. The summed E-state index contributed by atoms with van der Waals surface area (Å²) in [5.41, 5.74) is 0. The Morgan fingerprint density at radius 2 is 0.507 bits per heavy atom. The van der Waals surface area contributed by atoms with Gasteiger partial charge in [0, 0.05) is 11.8 Å². The van der Waals surface area contributed by atoms with Crippen LogP contribution in [0.1, 0.15) is 323 Å². The molecule has 0 aromatic carbocycles. The normalized spacial score (nSPS) is 13.0. The molecule has 0 aliphatic rings. The number of unbranched alkanes of at least 4 members (excludes halogenated alkanes) is 40. The first kappa shape index (κ1) is 73.7. The van der Waals surface area contributed by atoms with Crippen LogP contribution in [0.2, 0.25) is 0 Å². The second kappa shape index (κ2) is 59.4. The van der Waals surface area contributed by atoms with Crippen molar-refractivity contribution in [1.29, 1.82) is 0 Å². The van der Waals surface area contributed by atoms with Crippen molar-refractivity contribution in [3.8, 4) is 0 Å². The van der Waals surface area contributed by atoms with E-state index < -0.39 is 20.8 Å². The van der Waals surface area contributed by atoms with Crippen LogP contribution in [0.4, 0.5) is 0 Å². The molecule has 0 saturated carbocycles. The standard InChI is InChI=1S/2C29H58O4S.Ca/c2*1-3-5-7-9-11-12-13-14-15-16-17-18-19-21-23-25-27-29(28-33-34(30,31)32)26-24-22-20-10-8-6-4-2;/h2*25,27,29H,3-24,26,28H2,1-2H3,(H,30,31,32);/q;;+2/p-2/b2*27-25+;. The average molecular weight is 1040 g/mol. The van der Waals surface area contributed by atoms with Crippen LogP contribution in [-0.2, 0) is 29.2 Å². The summed E-state index contributed by atoms with van der Waals surface area (Å²) in [5, 5.41) is 0. The van der Waals surface area contributed by atoms with Gasteiger partial charge in [-0.3, -0.25) is 8.37 Å². The van der Waals surface area contributed by atoms with Gasteiger partial charge in [-0.1, -0.05) is 309 Å². The fraction of sp³-hybridized carbons (Fsp3) is 0.931. The maximum absolute atomic E-state index is 10.8. The molecule has 2 atom stereocenters. The molecule has 0 rings (SSSR count). The molecule has 0 bridgehead atoms. The van der Waals surface area contributed by atoms with Gasteiger partial charge in [-0.05, 0) is 38.5 Å².